The van der Waals surface area contributed by atoms with E-state index in [1.54, 1.807) is 0 Å². The fourth-order valence-electron chi connectivity index (χ4n) is 2.14. The summed E-state index contributed by atoms with van der Waals surface area (Å²) in [6.45, 7) is 1.23. The number of thiol groups is 1. The molecule has 0 aromatic heterocycles. The van der Waals surface area contributed by atoms with Crippen LogP contribution in [0, 0.1) is 0 Å². The van der Waals surface area contributed by atoms with Crippen LogP contribution in [0.2, 0.25) is 0 Å². The van der Waals surface area contributed by atoms with Gasteiger partial charge in [-0.25, -0.2) is 4.79 Å². The molecule has 31 heavy (non-hydrogen) atoms. The van der Waals surface area contributed by atoms with Gasteiger partial charge in [-0.1, -0.05) is 0 Å². The highest BCUT2D eigenvalue weighted by atomic mass is 32.1. The van der Waals surface area contributed by atoms with Gasteiger partial charge in [-0.05, 0) is 13.3 Å². The summed E-state index contributed by atoms with van der Waals surface area (Å²) in [4.78, 5) is 69.4. The fourth-order valence-corrected chi connectivity index (χ4v) is 2.39. The van der Waals surface area contributed by atoms with Gasteiger partial charge in [0.15, 0.2) is 0 Å². The number of hydrogen-bond donors (Lipinski definition) is 9. The van der Waals surface area contributed by atoms with Gasteiger partial charge in [0.05, 0.1) is 12.5 Å². The van der Waals surface area contributed by atoms with E-state index in [-0.39, 0.29) is 12.2 Å². The molecule has 3 amide bonds. The molecule has 15 heteroatoms. The molecule has 0 spiro atoms. The van der Waals surface area contributed by atoms with E-state index in [2.05, 4.69) is 23.3 Å². The van der Waals surface area contributed by atoms with E-state index in [1.807, 2.05) is 5.32 Å². The monoisotopic (exact) mass is 466 g/mol. The molecule has 0 aromatic rings. The third-order valence-corrected chi connectivity index (χ3v) is 4.28. The van der Waals surface area contributed by atoms with Gasteiger partial charge in [-0.2, -0.15) is 12.6 Å². The van der Waals surface area contributed by atoms with Crippen LogP contribution in [0.15, 0.2) is 0 Å². The number of aliphatic hydroxyl groups is 1. The maximum atomic E-state index is 12.5. The first kappa shape index (κ1) is 28.1. The molecular weight excluding hydrogens is 440 g/mol. The summed E-state index contributed by atoms with van der Waals surface area (Å²) in [7, 11) is 0. The van der Waals surface area contributed by atoms with E-state index < -0.39 is 78.7 Å². The SMILES string of the molecule is CC(O)C(N)C(=O)NC(CCC(=O)O)C(=O)NC(CS)C(=O)NC(CC(=O)O)C(=O)O. The van der Waals surface area contributed by atoms with E-state index in [9.17, 15) is 33.9 Å². The van der Waals surface area contributed by atoms with Crippen LogP contribution in [0.3, 0.4) is 0 Å². The summed E-state index contributed by atoms with van der Waals surface area (Å²) in [6.07, 6.45) is -3.08. The molecule has 176 valence electrons. The topological polar surface area (TPSA) is 245 Å². The number of rotatable bonds is 14. The van der Waals surface area contributed by atoms with Crippen molar-refractivity contribution in [2.45, 2.75) is 56.5 Å². The predicted octanol–water partition coefficient (Wildman–Crippen LogP) is -3.50. The van der Waals surface area contributed by atoms with Gasteiger partial charge in [-0.15, -0.1) is 0 Å². The smallest absolute Gasteiger partial charge is 0.326 e. The van der Waals surface area contributed by atoms with Gasteiger partial charge in [0, 0.05) is 12.2 Å². The van der Waals surface area contributed by atoms with Crippen LogP contribution in [0.25, 0.3) is 0 Å². The van der Waals surface area contributed by atoms with Crippen molar-refractivity contribution in [2.75, 3.05) is 5.75 Å². The largest absolute Gasteiger partial charge is 0.481 e. The number of carbonyl (C=O) groups is 6. The molecule has 0 rings (SSSR count). The van der Waals surface area contributed by atoms with Crippen molar-refractivity contribution in [3.8, 4) is 0 Å². The Morgan fingerprint density at radius 2 is 1.32 bits per heavy atom. The zero-order valence-electron chi connectivity index (χ0n) is 16.5. The number of carboxylic acid groups (broad SMARTS) is 3. The van der Waals surface area contributed by atoms with Crippen molar-refractivity contribution in [1.29, 1.82) is 0 Å². The Labute approximate surface area is 182 Å². The first-order valence-corrected chi connectivity index (χ1v) is 9.55. The van der Waals surface area contributed by atoms with Crippen molar-refractivity contribution < 1.29 is 49.2 Å². The lowest BCUT2D eigenvalue weighted by atomic mass is 10.1. The molecule has 0 aliphatic carbocycles. The number of hydrogen-bond acceptors (Lipinski definition) is 9. The number of aliphatic hydroxyl groups excluding tert-OH is 1. The van der Waals surface area contributed by atoms with Crippen LogP contribution >= 0.6 is 12.6 Å². The predicted molar refractivity (Wildman–Crippen MR) is 106 cm³/mol. The van der Waals surface area contributed by atoms with E-state index >= 15 is 0 Å². The van der Waals surface area contributed by atoms with Crippen molar-refractivity contribution in [1.82, 2.24) is 16.0 Å². The second kappa shape index (κ2) is 13.4. The molecule has 14 nitrogen and oxygen atoms in total. The normalized spacial score (nSPS) is 15.5. The third-order valence-electron chi connectivity index (χ3n) is 3.91. The maximum Gasteiger partial charge on any atom is 0.326 e. The first-order valence-electron chi connectivity index (χ1n) is 8.92. The molecule has 0 aromatic carbocycles. The lowest BCUT2D eigenvalue weighted by Crippen LogP contribution is -2.58. The zero-order chi connectivity index (χ0) is 24.3. The van der Waals surface area contributed by atoms with Gasteiger partial charge < -0.3 is 42.1 Å². The Morgan fingerprint density at radius 1 is 0.839 bits per heavy atom. The second-order valence-electron chi connectivity index (χ2n) is 6.50. The standard InChI is InChI=1S/C16H26N4O10S/c1-6(21)12(17)15(28)18-7(2-3-10(22)23)13(26)20-9(5-31)14(27)19-8(16(29)30)4-11(24)25/h6-9,12,21,31H,2-5,17H2,1H3,(H,18,28)(H,19,27)(H,20,26)(H,22,23)(H,24,25)(H,29,30). The molecule has 0 heterocycles. The highest BCUT2D eigenvalue weighted by Gasteiger charge is 2.31. The molecular formula is C16H26N4O10S. The Morgan fingerprint density at radius 3 is 1.74 bits per heavy atom. The summed E-state index contributed by atoms with van der Waals surface area (Å²) in [5.74, 6) is -7.69. The lowest BCUT2D eigenvalue weighted by molar-refractivity contribution is -0.147. The Balaban J connectivity index is 5.32. The molecule has 0 aliphatic rings. The van der Waals surface area contributed by atoms with E-state index in [0.29, 0.717) is 0 Å². The van der Waals surface area contributed by atoms with Crippen LogP contribution in [-0.2, 0) is 28.8 Å². The van der Waals surface area contributed by atoms with Crippen LogP contribution in [0.4, 0.5) is 0 Å². The summed E-state index contributed by atoms with van der Waals surface area (Å²) >= 11 is 3.88. The van der Waals surface area contributed by atoms with Crippen molar-refractivity contribution in [3.05, 3.63) is 0 Å². The summed E-state index contributed by atoms with van der Waals surface area (Å²) in [5.41, 5.74) is 5.47. The quantitative estimate of drug-likeness (QED) is 0.114. The summed E-state index contributed by atoms with van der Waals surface area (Å²) in [5, 5.41) is 42.2. The average Bonchev–Trinajstić information content (AvgIpc) is 2.66. The Bertz CT molecular complexity index is 702. The average molecular weight is 466 g/mol. The summed E-state index contributed by atoms with van der Waals surface area (Å²) in [6, 6.07) is -6.05. The van der Waals surface area contributed by atoms with E-state index in [1.165, 1.54) is 6.92 Å². The van der Waals surface area contributed by atoms with Crippen LogP contribution in [0.5, 0.6) is 0 Å². The summed E-state index contributed by atoms with van der Waals surface area (Å²) < 4.78 is 0. The van der Waals surface area contributed by atoms with Gasteiger partial charge in [0.2, 0.25) is 17.7 Å². The van der Waals surface area contributed by atoms with E-state index in [0.717, 1.165) is 0 Å². The van der Waals surface area contributed by atoms with Gasteiger partial charge in [0.25, 0.3) is 0 Å². The molecule has 0 radical (unpaired) electrons. The number of carboxylic acids is 3. The zero-order valence-corrected chi connectivity index (χ0v) is 17.4. The van der Waals surface area contributed by atoms with Gasteiger partial charge >= 0.3 is 17.9 Å². The minimum Gasteiger partial charge on any atom is -0.481 e. The Kier molecular flexibility index (Phi) is 12.1. The van der Waals surface area contributed by atoms with Crippen molar-refractivity contribution >= 4 is 48.3 Å². The molecule has 0 saturated carbocycles. The molecule has 0 fully saturated rings. The molecule has 9 N–H and O–H groups in total. The minimum absolute atomic E-state index is 0.330. The Hall–Kier alpha value is -2.91. The molecule has 5 atom stereocenters. The van der Waals surface area contributed by atoms with Crippen LogP contribution in [-0.4, -0.2) is 92.1 Å². The minimum atomic E-state index is -1.77. The fraction of sp³-hybridized carbons (Fsp3) is 0.625. The van der Waals surface area contributed by atoms with Crippen LogP contribution in [0.1, 0.15) is 26.2 Å². The van der Waals surface area contributed by atoms with Crippen LogP contribution < -0.4 is 21.7 Å². The molecule has 0 aliphatic heterocycles. The number of nitrogens with two attached hydrogens (primary N) is 1. The highest BCUT2D eigenvalue weighted by molar-refractivity contribution is 7.80. The second-order valence-corrected chi connectivity index (χ2v) is 6.87. The van der Waals surface area contributed by atoms with E-state index in [4.69, 9.17) is 21.1 Å². The van der Waals surface area contributed by atoms with Gasteiger partial charge in [-0.3, -0.25) is 24.0 Å². The van der Waals surface area contributed by atoms with Gasteiger partial charge in [0.1, 0.15) is 24.2 Å². The molecule has 0 bridgehead atoms. The maximum absolute atomic E-state index is 12.5. The number of carbonyl (C=O) groups excluding carboxylic acids is 3. The number of aliphatic carboxylic acids is 3. The lowest BCUT2D eigenvalue weighted by Gasteiger charge is -2.24. The first-order chi connectivity index (χ1) is 14.3. The third kappa shape index (κ3) is 10.6. The van der Waals surface area contributed by atoms with Crippen molar-refractivity contribution in [3.63, 3.8) is 0 Å². The molecule has 0 saturated heterocycles. The molecule has 5 unspecified atom stereocenters. The highest BCUT2D eigenvalue weighted by Crippen LogP contribution is 2.03. The number of nitrogens with one attached hydrogen (secondary N) is 3. The van der Waals surface area contributed by atoms with Crippen molar-refractivity contribution in [2.24, 2.45) is 5.73 Å². The number of amides is 3.